The third-order valence-corrected chi connectivity index (χ3v) is 8.97. The van der Waals surface area contributed by atoms with E-state index in [-0.39, 0.29) is 48.4 Å². The molecule has 4 aromatic rings. The van der Waals surface area contributed by atoms with Gasteiger partial charge in [0.25, 0.3) is 0 Å². The molecular weight excluding hydrogens is 642 g/mol. The van der Waals surface area contributed by atoms with Crippen molar-refractivity contribution in [2.24, 2.45) is 5.92 Å². The number of fused-ring (bicyclic) bond motifs is 2. The highest BCUT2D eigenvalue weighted by Crippen LogP contribution is 2.48. The van der Waals surface area contributed by atoms with Gasteiger partial charge in [0.2, 0.25) is 0 Å². The molecule has 44 heavy (non-hydrogen) atoms. The molecular formula is C22H28N10O9P2S. The molecule has 2 aliphatic heterocycles. The van der Waals surface area contributed by atoms with E-state index in [0.717, 1.165) is 0 Å². The van der Waals surface area contributed by atoms with Crippen molar-refractivity contribution >= 4 is 61.3 Å². The molecule has 0 aliphatic carbocycles. The monoisotopic (exact) mass is 670 g/mol. The minimum atomic E-state index is -4.15. The molecule has 6 heterocycles. The van der Waals surface area contributed by atoms with Crippen LogP contribution in [0.4, 0.5) is 11.6 Å². The van der Waals surface area contributed by atoms with E-state index in [4.69, 9.17) is 34.5 Å². The van der Waals surface area contributed by atoms with E-state index in [2.05, 4.69) is 48.7 Å². The van der Waals surface area contributed by atoms with Crippen molar-refractivity contribution in [1.82, 2.24) is 39.0 Å². The van der Waals surface area contributed by atoms with Crippen molar-refractivity contribution in [2.75, 3.05) is 24.7 Å². The summed E-state index contributed by atoms with van der Waals surface area (Å²) in [4.78, 5) is 45.3. The molecule has 22 heteroatoms. The molecule has 4 aromatic heterocycles. The molecule has 0 spiro atoms. The Hall–Kier alpha value is -3.19. The summed E-state index contributed by atoms with van der Waals surface area (Å²) in [5, 5.41) is 0. The second kappa shape index (κ2) is 12.3. The number of thiol groups is 1. The number of hydrogen-bond acceptors (Lipinski definition) is 15. The lowest BCUT2D eigenvalue weighted by molar-refractivity contribution is -0.0395. The van der Waals surface area contributed by atoms with Gasteiger partial charge in [0, 0.05) is 12.3 Å². The number of nitrogens with two attached hydrogens (primary N) is 2. The zero-order chi connectivity index (χ0) is 31.2. The zero-order valence-corrected chi connectivity index (χ0v) is 25.5. The first kappa shape index (κ1) is 30.8. The number of aromatic nitrogens is 8. The molecule has 2 fully saturated rings. The van der Waals surface area contributed by atoms with Gasteiger partial charge in [-0.1, -0.05) is 18.3 Å². The average molecular weight is 671 g/mol. The van der Waals surface area contributed by atoms with E-state index in [1.807, 2.05) is 0 Å². The zero-order valence-electron chi connectivity index (χ0n) is 22.7. The molecule has 6 rings (SSSR count). The SMILES string of the molecule is C=C[C@@H]1C[C@@H](CO[PH](=O)OC2C[C@H](n3cnc4c(N)ncnc43)O[C@@H]2COP(=O)(O)S)O[C@H]1n1c(=O)[nH]c2c(N)ncnc21. The van der Waals surface area contributed by atoms with Crippen molar-refractivity contribution in [3.63, 3.8) is 0 Å². The summed E-state index contributed by atoms with van der Waals surface area (Å²) in [5.41, 5.74) is 12.6. The Kier molecular flexibility index (Phi) is 8.62. The van der Waals surface area contributed by atoms with Gasteiger partial charge in [0.05, 0.1) is 31.7 Å². The van der Waals surface area contributed by atoms with Gasteiger partial charge in [-0.3, -0.25) is 13.7 Å². The van der Waals surface area contributed by atoms with Crippen LogP contribution in [0.15, 0.2) is 36.4 Å². The fourth-order valence-corrected chi connectivity index (χ4v) is 6.68. The van der Waals surface area contributed by atoms with E-state index in [1.54, 1.807) is 10.6 Å². The molecule has 19 nitrogen and oxygen atoms in total. The summed E-state index contributed by atoms with van der Waals surface area (Å²) in [6.07, 6.45) is 2.30. The Labute approximate surface area is 253 Å². The predicted octanol–water partition coefficient (Wildman–Crippen LogP) is 1.34. The van der Waals surface area contributed by atoms with E-state index >= 15 is 0 Å². The highest BCUT2D eigenvalue weighted by molar-refractivity contribution is 8.44. The largest absolute Gasteiger partial charge is 0.383 e. The van der Waals surface area contributed by atoms with Crippen LogP contribution in [0.2, 0.25) is 0 Å². The first-order chi connectivity index (χ1) is 21.0. The Bertz CT molecular complexity index is 1830. The first-order valence-corrected chi connectivity index (χ1v) is 17.1. The molecule has 236 valence electrons. The number of nitrogen functional groups attached to an aromatic ring is 2. The van der Waals surface area contributed by atoms with Gasteiger partial charge in [-0.25, -0.2) is 38.8 Å². The molecule has 0 amide bonds. The molecule has 2 saturated heterocycles. The maximum Gasteiger partial charge on any atom is 0.383 e. The summed E-state index contributed by atoms with van der Waals surface area (Å²) in [6, 6.07) is 0. The quantitative estimate of drug-likeness (QED) is 0.0856. The summed E-state index contributed by atoms with van der Waals surface area (Å²) in [6.45, 7) is -0.823. The number of ether oxygens (including phenoxy) is 2. The Balaban J connectivity index is 1.12. The standard InChI is InChI=1S/C22H28N10O9P2S/c1-2-10-3-11(39-21(10)32-20-16(30-22(32)33)18(24)26-8-28-20)5-37-42(34)41-12-4-14(40-13(12)6-38-43(35,36)44)31-9-29-15-17(23)25-7-27-19(15)31/h2,7-14,21,42H,1,3-6H2,(H,30,33)(H2,23,25,27)(H2,24,26,28)(H2,35,36,44)/t10-,11+,12?,13-,14-,21-/m1/s1. The van der Waals surface area contributed by atoms with Crippen LogP contribution in [-0.2, 0) is 32.2 Å². The molecule has 2 aliphatic rings. The van der Waals surface area contributed by atoms with Crippen LogP contribution in [-0.4, -0.2) is 75.5 Å². The Morgan fingerprint density at radius 1 is 1.16 bits per heavy atom. The molecule has 8 atom stereocenters. The van der Waals surface area contributed by atoms with Crippen LogP contribution in [0.25, 0.3) is 22.3 Å². The molecule has 0 radical (unpaired) electrons. The van der Waals surface area contributed by atoms with Gasteiger partial charge in [0.15, 0.2) is 22.9 Å². The van der Waals surface area contributed by atoms with Gasteiger partial charge in [-0.15, -0.1) is 6.58 Å². The number of hydrogen-bond donors (Lipinski definition) is 5. The van der Waals surface area contributed by atoms with Gasteiger partial charge in [0.1, 0.15) is 42.2 Å². The number of rotatable bonds is 11. The number of imidazole rings is 2. The van der Waals surface area contributed by atoms with Gasteiger partial charge in [-0.05, 0) is 6.42 Å². The van der Waals surface area contributed by atoms with Crippen LogP contribution >= 0.6 is 27.3 Å². The summed E-state index contributed by atoms with van der Waals surface area (Å²) < 4.78 is 55.9. The lowest BCUT2D eigenvalue weighted by Gasteiger charge is -2.20. The Morgan fingerprint density at radius 2 is 1.91 bits per heavy atom. The third kappa shape index (κ3) is 6.17. The summed E-state index contributed by atoms with van der Waals surface area (Å²) in [5.74, 6) is -0.00835. The molecule has 0 saturated carbocycles. The average Bonchev–Trinajstić information content (AvgIpc) is 3.74. The summed E-state index contributed by atoms with van der Waals surface area (Å²) in [7, 11) is -3.15. The Morgan fingerprint density at radius 3 is 2.66 bits per heavy atom. The minimum Gasteiger partial charge on any atom is -0.382 e. The van der Waals surface area contributed by atoms with Crippen molar-refractivity contribution in [1.29, 1.82) is 0 Å². The van der Waals surface area contributed by atoms with Crippen LogP contribution in [0.1, 0.15) is 25.3 Å². The fraction of sp³-hybridized carbons (Fsp3) is 0.455. The maximum absolute atomic E-state index is 13.0. The maximum atomic E-state index is 13.0. The second-order valence-electron chi connectivity index (χ2n) is 9.99. The van der Waals surface area contributed by atoms with Gasteiger partial charge >= 0.3 is 20.7 Å². The number of aromatic amines is 1. The molecule has 0 aromatic carbocycles. The van der Waals surface area contributed by atoms with Crippen molar-refractivity contribution < 1.29 is 37.1 Å². The van der Waals surface area contributed by atoms with E-state index in [0.29, 0.717) is 17.6 Å². The van der Waals surface area contributed by atoms with Crippen LogP contribution in [0.5, 0.6) is 0 Å². The van der Waals surface area contributed by atoms with Gasteiger partial charge in [-0.2, -0.15) is 0 Å². The minimum absolute atomic E-state index is 0.117. The number of nitrogens with zero attached hydrogens (tertiary/aromatic N) is 7. The fourth-order valence-electron chi connectivity index (χ4n) is 5.25. The van der Waals surface area contributed by atoms with E-state index < -0.39 is 51.5 Å². The van der Waals surface area contributed by atoms with Crippen molar-refractivity contribution in [2.45, 2.75) is 43.6 Å². The van der Waals surface area contributed by atoms with Crippen molar-refractivity contribution in [3.8, 4) is 0 Å². The van der Waals surface area contributed by atoms with Crippen LogP contribution < -0.4 is 17.2 Å². The normalized spacial score (nSPS) is 27.6. The lowest BCUT2D eigenvalue weighted by atomic mass is 10.0. The smallest absolute Gasteiger partial charge is 0.382 e. The number of anilines is 2. The summed E-state index contributed by atoms with van der Waals surface area (Å²) >= 11 is 3.54. The van der Waals surface area contributed by atoms with Crippen LogP contribution in [0.3, 0.4) is 0 Å². The molecule has 6 N–H and O–H groups in total. The highest BCUT2D eigenvalue weighted by atomic mass is 32.7. The van der Waals surface area contributed by atoms with E-state index in [9.17, 15) is 18.8 Å². The second-order valence-corrected chi connectivity index (χ2v) is 13.8. The van der Waals surface area contributed by atoms with Gasteiger partial charge < -0.3 is 39.9 Å². The lowest BCUT2D eigenvalue weighted by Crippen LogP contribution is -2.27. The topological polar surface area (TPSA) is 260 Å². The predicted molar refractivity (Wildman–Crippen MR) is 158 cm³/mol. The van der Waals surface area contributed by atoms with E-state index in [1.165, 1.54) is 23.5 Å². The molecule has 3 unspecified atom stereocenters. The van der Waals surface area contributed by atoms with Crippen molar-refractivity contribution in [3.05, 3.63) is 42.1 Å². The van der Waals surface area contributed by atoms with Crippen LogP contribution in [0, 0.1) is 5.92 Å². The molecule has 0 bridgehead atoms. The first-order valence-electron chi connectivity index (χ1n) is 13.1. The number of H-pyrrole nitrogens is 1. The highest BCUT2D eigenvalue weighted by Gasteiger charge is 2.41. The third-order valence-electron chi connectivity index (χ3n) is 7.25. The number of nitrogens with one attached hydrogen (secondary N) is 1.